The molecule has 1 aromatic heterocycles. The molecule has 0 bridgehead atoms. The summed E-state index contributed by atoms with van der Waals surface area (Å²) in [7, 11) is 1.65. The lowest BCUT2D eigenvalue weighted by atomic mass is 9.83. The predicted molar refractivity (Wildman–Crippen MR) is 81.9 cm³/mol. The molecule has 0 amide bonds. The third kappa shape index (κ3) is 3.35. The molecule has 0 spiro atoms. The van der Waals surface area contributed by atoms with Crippen molar-refractivity contribution in [3.8, 4) is 5.75 Å². The van der Waals surface area contributed by atoms with E-state index in [1.165, 1.54) is 0 Å². The van der Waals surface area contributed by atoms with Crippen LogP contribution in [0.1, 0.15) is 31.9 Å². The van der Waals surface area contributed by atoms with E-state index >= 15 is 0 Å². The quantitative estimate of drug-likeness (QED) is 0.604. The molecule has 1 aliphatic heterocycles. The summed E-state index contributed by atoms with van der Waals surface area (Å²) in [5, 5.41) is 0. The zero-order valence-corrected chi connectivity index (χ0v) is 13.1. The number of morpholine rings is 1. The molecule has 2 atom stereocenters. The molecular weight excluding hydrogens is 268 g/mol. The molecule has 0 aromatic carbocycles. The Labute approximate surface area is 126 Å². The first-order chi connectivity index (χ1) is 10.2. The first-order valence-electron chi connectivity index (χ1n) is 7.43. The van der Waals surface area contributed by atoms with Gasteiger partial charge in [-0.1, -0.05) is 6.92 Å². The minimum Gasteiger partial charge on any atom is -0.495 e. The fraction of sp³-hybridized carbons (Fsp3) is 0.667. The van der Waals surface area contributed by atoms with Gasteiger partial charge in [0.05, 0.1) is 32.6 Å². The zero-order valence-electron chi connectivity index (χ0n) is 13.1. The molecule has 1 aliphatic rings. The number of nitrogens with zero attached hydrogens (tertiary/aromatic N) is 2. The van der Waals surface area contributed by atoms with Crippen LogP contribution >= 0.6 is 0 Å². The van der Waals surface area contributed by atoms with Gasteiger partial charge in [0.25, 0.3) is 0 Å². The van der Waals surface area contributed by atoms with Crippen LogP contribution in [0.3, 0.4) is 0 Å². The molecule has 0 radical (unpaired) electrons. The highest BCUT2D eigenvalue weighted by Gasteiger charge is 2.39. The monoisotopic (exact) mass is 294 g/mol. The molecule has 2 unspecified atom stereocenters. The Morgan fingerprint density at radius 3 is 2.76 bits per heavy atom. The van der Waals surface area contributed by atoms with Crippen molar-refractivity contribution < 1.29 is 9.47 Å². The Kier molecular flexibility index (Phi) is 5.52. The summed E-state index contributed by atoms with van der Waals surface area (Å²) in [6, 6.07) is 1.97. The smallest absolute Gasteiger partial charge is 0.137 e. The largest absolute Gasteiger partial charge is 0.495 e. The van der Waals surface area contributed by atoms with Crippen molar-refractivity contribution in [1.82, 2.24) is 15.3 Å². The topological polar surface area (TPSA) is 72.6 Å². The van der Waals surface area contributed by atoms with Crippen LogP contribution < -0.4 is 16.0 Å². The van der Waals surface area contributed by atoms with Crippen LogP contribution in [0.15, 0.2) is 18.5 Å². The van der Waals surface area contributed by atoms with Gasteiger partial charge in [0, 0.05) is 24.8 Å². The van der Waals surface area contributed by atoms with Crippen LogP contribution in [-0.2, 0) is 4.74 Å². The van der Waals surface area contributed by atoms with Crippen LogP contribution in [-0.4, -0.2) is 48.8 Å². The van der Waals surface area contributed by atoms with Crippen LogP contribution in [0.4, 0.5) is 0 Å². The van der Waals surface area contributed by atoms with Crippen molar-refractivity contribution in [2.24, 2.45) is 5.84 Å². The van der Waals surface area contributed by atoms with E-state index in [0.717, 1.165) is 44.0 Å². The van der Waals surface area contributed by atoms with Gasteiger partial charge in [-0.25, -0.2) is 0 Å². The van der Waals surface area contributed by atoms with Crippen molar-refractivity contribution in [1.29, 1.82) is 0 Å². The Bertz CT molecular complexity index is 451. The number of nitrogens with two attached hydrogens (primary N) is 1. The van der Waals surface area contributed by atoms with Gasteiger partial charge in [0.15, 0.2) is 0 Å². The van der Waals surface area contributed by atoms with Gasteiger partial charge in [0.1, 0.15) is 5.75 Å². The molecule has 1 saturated heterocycles. The highest BCUT2D eigenvalue weighted by atomic mass is 16.5. The average molecular weight is 294 g/mol. The van der Waals surface area contributed by atoms with E-state index in [-0.39, 0.29) is 11.6 Å². The average Bonchev–Trinajstić information content (AvgIpc) is 2.56. The predicted octanol–water partition coefficient (Wildman–Crippen LogP) is 1.10. The number of hydrogen-bond donors (Lipinski definition) is 2. The SMILES string of the molecule is CCC(C)(C(NN)c1cncc(OC)c1)N1CCOCC1. The van der Waals surface area contributed by atoms with Gasteiger partial charge < -0.3 is 9.47 Å². The third-order valence-corrected chi connectivity index (χ3v) is 4.54. The summed E-state index contributed by atoms with van der Waals surface area (Å²) in [5.41, 5.74) is 3.91. The highest BCUT2D eigenvalue weighted by Crippen LogP contribution is 2.35. The molecule has 6 nitrogen and oxygen atoms in total. The van der Waals surface area contributed by atoms with E-state index in [9.17, 15) is 0 Å². The van der Waals surface area contributed by atoms with Gasteiger partial charge in [-0.2, -0.15) is 0 Å². The van der Waals surface area contributed by atoms with E-state index in [0.29, 0.717) is 0 Å². The van der Waals surface area contributed by atoms with Gasteiger partial charge in [0.2, 0.25) is 0 Å². The number of ether oxygens (including phenoxy) is 2. The Hall–Kier alpha value is -1.21. The van der Waals surface area contributed by atoms with E-state index in [1.807, 2.05) is 12.3 Å². The second-order valence-electron chi connectivity index (χ2n) is 5.57. The fourth-order valence-corrected chi connectivity index (χ4v) is 3.02. The third-order valence-electron chi connectivity index (χ3n) is 4.54. The van der Waals surface area contributed by atoms with Crippen LogP contribution in [0.2, 0.25) is 0 Å². The number of rotatable bonds is 6. The van der Waals surface area contributed by atoms with Crippen molar-refractivity contribution in [3.63, 3.8) is 0 Å². The van der Waals surface area contributed by atoms with Crippen molar-refractivity contribution in [2.75, 3.05) is 33.4 Å². The number of hydrogen-bond acceptors (Lipinski definition) is 6. The van der Waals surface area contributed by atoms with Gasteiger partial charge in [-0.3, -0.25) is 21.2 Å². The Morgan fingerprint density at radius 2 is 2.19 bits per heavy atom. The van der Waals surface area contributed by atoms with Gasteiger partial charge in [-0.15, -0.1) is 0 Å². The minimum absolute atomic E-state index is 0.0248. The lowest BCUT2D eigenvalue weighted by Crippen LogP contribution is -2.58. The van der Waals surface area contributed by atoms with Crippen LogP contribution in [0.25, 0.3) is 0 Å². The summed E-state index contributed by atoms with van der Waals surface area (Å²) in [4.78, 5) is 6.70. The number of aromatic nitrogens is 1. The highest BCUT2D eigenvalue weighted by molar-refractivity contribution is 5.28. The van der Waals surface area contributed by atoms with Gasteiger partial charge in [-0.05, 0) is 25.0 Å². The molecular formula is C15H26N4O2. The summed E-state index contributed by atoms with van der Waals surface area (Å²) in [6.07, 6.45) is 4.52. The van der Waals surface area contributed by atoms with E-state index < -0.39 is 0 Å². The molecule has 1 aromatic rings. The molecule has 1 fully saturated rings. The number of pyridine rings is 1. The maximum Gasteiger partial charge on any atom is 0.137 e. The molecule has 0 aliphatic carbocycles. The van der Waals surface area contributed by atoms with Crippen LogP contribution in [0, 0.1) is 0 Å². The molecule has 2 rings (SSSR count). The normalized spacial score (nSPS) is 20.8. The lowest BCUT2D eigenvalue weighted by Gasteiger charge is -2.47. The van der Waals surface area contributed by atoms with E-state index in [4.69, 9.17) is 15.3 Å². The van der Waals surface area contributed by atoms with E-state index in [1.54, 1.807) is 13.3 Å². The summed E-state index contributed by atoms with van der Waals surface area (Å²) in [5.74, 6) is 6.63. The maximum absolute atomic E-state index is 5.89. The second-order valence-corrected chi connectivity index (χ2v) is 5.57. The number of hydrazine groups is 1. The second kappa shape index (κ2) is 7.17. The Balaban J connectivity index is 2.31. The summed E-state index contributed by atoms with van der Waals surface area (Å²) < 4.78 is 10.7. The Morgan fingerprint density at radius 1 is 1.48 bits per heavy atom. The molecule has 6 heteroatoms. The molecule has 3 N–H and O–H groups in total. The summed E-state index contributed by atoms with van der Waals surface area (Å²) in [6.45, 7) is 7.79. The first-order valence-corrected chi connectivity index (χ1v) is 7.43. The molecule has 0 saturated carbocycles. The zero-order chi connectivity index (χ0) is 15.3. The molecule has 21 heavy (non-hydrogen) atoms. The van der Waals surface area contributed by atoms with E-state index in [2.05, 4.69) is 29.2 Å². The van der Waals surface area contributed by atoms with Crippen molar-refractivity contribution in [2.45, 2.75) is 31.8 Å². The molecule has 2 heterocycles. The molecule has 118 valence electrons. The van der Waals surface area contributed by atoms with Crippen molar-refractivity contribution in [3.05, 3.63) is 24.0 Å². The number of methoxy groups -OCH3 is 1. The van der Waals surface area contributed by atoms with Crippen LogP contribution in [0.5, 0.6) is 5.75 Å². The maximum atomic E-state index is 5.89. The van der Waals surface area contributed by atoms with Crippen molar-refractivity contribution >= 4 is 0 Å². The number of nitrogens with one attached hydrogen (secondary N) is 1. The minimum atomic E-state index is -0.105. The lowest BCUT2D eigenvalue weighted by molar-refractivity contribution is -0.0330. The summed E-state index contributed by atoms with van der Waals surface area (Å²) >= 11 is 0. The van der Waals surface area contributed by atoms with Gasteiger partial charge >= 0.3 is 0 Å². The first kappa shape index (κ1) is 16.2. The fourth-order valence-electron chi connectivity index (χ4n) is 3.02. The standard InChI is InChI=1S/C15H26N4O2/c1-4-15(2,19-5-7-21-8-6-19)14(18-16)12-9-13(20-3)11-17-10-12/h9-11,14,18H,4-8,16H2,1-3H3.